The van der Waals surface area contributed by atoms with Gasteiger partial charge in [0.1, 0.15) is 5.82 Å². The van der Waals surface area contributed by atoms with Crippen LogP contribution in [0.4, 0.5) is 5.82 Å². The number of amides is 1. The van der Waals surface area contributed by atoms with Crippen LogP contribution in [0.2, 0.25) is 5.02 Å². The van der Waals surface area contributed by atoms with Crippen molar-refractivity contribution in [3.8, 4) is 11.1 Å². The Morgan fingerprint density at radius 1 is 0.962 bits per heavy atom. The van der Waals surface area contributed by atoms with Gasteiger partial charge in [-0.1, -0.05) is 29.3 Å². The molecular weight excluding hydrogens is 346 g/mol. The van der Waals surface area contributed by atoms with Gasteiger partial charge in [-0.15, -0.1) is 0 Å². The van der Waals surface area contributed by atoms with Gasteiger partial charge in [0.05, 0.1) is 0 Å². The number of rotatable bonds is 2. The fraction of sp³-hybridized carbons (Fsp3) is 0.190. The van der Waals surface area contributed by atoms with Crippen LogP contribution in [0.3, 0.4) is 0 Å². The summed E-state index contributed by atoms with van der Waals surface area (Å²) in [6, 6.07) is 15.5. The fourth-order valence-electron chi connectivity index (χ4n) is 2.68. The number of benzene rings is 1. The first kappa shape index (κ1) is 18.1. The number of hydrogen-bond donors (Lipinski definition) is 0. The minimum absolute atomic E-state index is 0.166. The lowest BCUT2D eigenvalue weighted by atomic mass is 10.1. The molecule has 0 bridgehead atoms. The largest absolute Gasteiger partial charge is 0.297 e. The van der Waals surface area contributed by atoms with E-state index >= 15 is 0 Å². The highest BCUT2D eigenvalue weighted by Crippen LogP contribution is 2.23. The van der Waals surface area contributed by atoms with Crippen LogP contribution in [0.15, 0.2) is 67.1 Å². The zero-order valence-electron chi connectivity index (χ0n) is 14.6. The van der Waals surface area contributed by atoms with Crippen molar-refractivity contribution in [2.75, 3.05) is 11.4 Å². The zero-order valence-corrected chi connectivity index (χ0v) is 15.4. The van der Waals surface area contributed by atoms with Crippen molar-refractivity contribution in [3.63, 3.8) is 0 Å². The second-order valence-corrected chi connectivity index (χ2v) is 6.52. The summed E-state index contributed by atoms with van der Waals surface area (Å²) in [6.45, 7) is 2.82. The number of aryl methyl sites for hydroxylation is 1. The Balaban J connectivity index is 0.000000206. The smallest absolute Gasteiger partial charge is 0.228 e. The molecule has 1 fully saturated rings. The van der Waals surface area contributed by atoms with Crippen LogP contribution in [-0.4, -0.2) is 22.4 Å². The van der Waals surface area contributed by atoms with Gasteiger partial charge in [0.25, 0.3) is 0 Å². The van der Waals surface area contributed by atoms with Crippen molar-refractivity contribution in [2.24, 2.45) is 0 Å². The van der Waals surface area contributed by atoms with Gasteiger partial charge in [-0.25, -0.2) is 4.98 Å². The molecule has 0 spiro atoms. The first-order valence-corrected chi connectivity index (χ1v) is 8.90. The molecule has 5 heteroatoms. The van der Waals surface area contributed by atoms with E-state index in [1.807, 2.05) is 55.5 Å². The first-order chi connectivity index (χ1) is 12.6. The van der Waals surface area contributed by atoms with Gasteiger partial charge in [0.15, 0.2) is 0 Å². The molecule has 3 aromatic rings. The SMILES string of the molecule is Cc1ccc(Cl)cc1.O=C1CCCN1c1ccc(-c2ccncc2)cn1. The summed E-state index contributed by atoms with van der Waals surface area (Å²) in [5, 5.41) is 0.801. The van der Waals surface area contributed by atoms with Crippen LogP contribution in [0.1, 0.15) is 18.4 Å². The van der Waals surface area contributed by atoms with Gasteiger partial charge in [0.2, 0.25) is 5.91 Å². The van der Waals surface area contributed by atoms with Gasteiger partial charge in [-0.05, 0) is 55.3 Å². The average molecular weight is 366 g/mol. The summed E-state index contributed by atoms with van der Waals surface area (Å²) in [5.74, 6) is 0.912. The summed E-state index contributed by atoms with van der Waals surface area (Å²) < 4.78 is 0. The number of carbonyl (C=O) groups is 1. The van der Waals surface area contributed by atoms with Crippen LogP contribution < -0.4 is 4.90 Å². The maximum Gasteiger partial charge on any atom is 0.228 e. The van der Waals surface area contributed by atoms with Crippen molar-refractivity contribution in [1.29, 1.82) is 0 Å². The Bertz CT molecular complexity index is 828. The molecule has 26 heavy (non-hydrogen) atoms. The topological polar surface area (TPSA) is 46.1 Å². The molecule has 1 aliphatic rings. The number of nitrogens with zero attached hydrogens (tertiary/aromatic N) is 3. The molecule has 4 rings (SSSR count). The van der Waals surface area contributed by atoms with Crippen molar-refractivity contribution < 1.29 is 4.79 Å². The number of carbonyl (C=O) groups excluding carboxylic acids is 1. The maximum atomic E-state index is 11.6. The minimum Gasteiger partial charge on any atom is -0.297 e. The van der Waals surface area contributed by atoms with Crippen LogP contribution in [0.25, 0.3) is 11.1 Å². The molecular formula is C21H20ClN3O. The Labute approximate surface area is 158 Å². The average Bonchev–Trinajstić information content (AvgIpc) is 3.11. The van der Waals surface area contributed by atoms with E-state index in [1.54, 1.807) is 23.5 Å². The third kappa shape index (κ3) is 4.67. The lowest BCUT2D eigenvalue weighted by Crippen LogP contribution is -2.24. The summed E-state index contributed by atoms with van der Waals surface area (Å²) in [7, 11) is 0. The summed E-state index contributed by atoms with van der Waals surface area (Å²) in [4.78, 5) is 21.7. The van der Waals surface area contributed by atoms with Crippen molar-refractivity contribution in [2.45, 2.75) is 19.8 Å². The normalized spacial score (nSPS) is 13.3. The molecule has 1 amide bonds. The van der Waals surface area contributed by atoms with Crippen molar-refractivity contribution in [1.82, 2.24) is 9.97 Å². The van der Waals surface area contributed by atoms with E-state index in [9.17, 15) is 4.79 Å². The third-order valence-electron chi connectivity index (χ3n) is 4.12. The lowest BCUT2D eigenvalue weighted by molar-refractivity contribution is -0.117. The van der Waals surface area contributed by atoms with E-state index in [2.05, 4.69) is 9.97 Å². The van der Waals surface area contributed by atoms with E-state index in [0.29, 0.717) is 6.42 Å². The van der Waals surface area contributed by atoms with Crippen LogP contribution >= 0.6 is 11.6 Å². The molecule has 1 aromatic carbocycles. The lowest BCUT2D eigenvalue weighted by Gasteiger charge is -2.14. The molecule has 3 heterocycles. The van der Waals surface area contributed by atoms with E-state index in [4.69, 9.17) is 11.6 Å². The molecule has 1 aliphatic heterocycles. The molecule has 0 saturated carbocycles. The highest BCUT2D eigenvalue weighted by molar-refractivity contribution is 6.30. The predicted molar refractivity (Wildman–Crippen MR) is 105 cm³/mol. The van der Waals surface area contributed by atoms with Gasteiger partial charge >= 0.3 is 0 Å². The van der Waals surface area contributed by atoms with Gasteiger partial charge in [-0.2, -0.15) is 0 Å². The zero-order chi connectivity index (χ0) is 18.4. The molecule has 4 nitrogen and oxygen atoms in total. The highest BCUT2D eigenvalue weighted by Gasteiger charge is 2.22. The van der Waals surface area contributed by atoms with Gasteiger partial charge < -0.3 is 0 Å². The molecule has 0 unspecified atom stereocenters. The molecule has 0 N–H and O–H groups in total. The molecule has 132 valence electrons. The highest BCUT2D eigenvalue weighted by atomic mass is 35.5. The molecule has 2 aromatic heterocycles. The monoisotopic (exact) mass is 365 g/mol. The van der Waals surface area contributed by atoms with Crippen LogP contribution in [0.5, 0.6) is 0 Å². The Morgan fingerprint density at radius 2 is 1.69 bits per heavy atom. The van der Waals surface area contributed by atoms with Gasteiger partial charge in [-0.3, -0.25) is 14.7 Å². The van der Waals surface area contributed by atoms with E-state index in [-0.39, 0.29) is 5.91 Å². The summed E-state index contributed by atoms with van der Waals surface area (Å²) >= 11 is 5.61. The molecule has 0 radical (unpaired) electrons. The quantitative estimate of drug-likeness (QED) is 0.647. The van der Waals surface area contributed by atoms with E-state index in [0.717, 1.165) is 34.9 Å². The predicted octanol–water partition coefficient (Wildman–Crippen LogP) is 4.92. The van der Waals surface area contributed by atoms with E-state index < -0.39 is 0 Å². The minimum atomic E-state index is 0.166. The van der Waals surface area contributed by atoms with E-state index in [1.165, 1.54) is 5.56 Å². The number of hydrogen-bond acceptors (Lipinski definition) is 3. The molecule has 0 atom stereocenters. The second kappa shape index (κ2) is 8.59. The molecule has 0 aliphatic carbocycles. The maximum absolute atomic E-state index is 11.6. The fourth-order valence-corrected chi connectivity index (χ4v) is 2.81. The number of anilines is 1. The second-order valence-electron chi connectivity index (χ2n) is 6.09. The van der Waals surface area contributed by atoms with Gasteiger partial charge in [0, 0.05) is 42.1 Å². The van der Waals surface area contributed by atoms with Crippen molar-refractivity contribution in [3.05, 3.63) is 77.7 Å². The number of halogens is 1. The van der Waals surface area contributed by atoms with Crippen LogP contribution in [0, 0.1) is 6.92 Å². The number of aromatic nitrogens is 2. The third-order valence-corrected chi connectivity index (χ3v) is 4.37. The van der Waals surface area contributed by atoms with Crippen molar-refractivity contribution >= 4 is 23.3 Å². The molecule has 1 saturated heterocycles. The van der Waals surface area contributed by atoms with Crippen LogP contribution in [-0.2, 0) is 4.79 Å². The summed E-state index contributed by atoms with van der Waals surface area (Å²) in [5.41, 5.74) is 3.36. The summed E-state index contributed by atoms with van der Waals surface area (Å²) in [6.07, 6.45) is 6.87. The Morgan fingerprint density at radius 3 is 2.23 bits per heavy atom. The number of pyridine rings is 2. The Kier molecular flexibility index (Phi) is 5.97. The first-order valence-electron chi connectivity index (χ1n) is 8.52. The Hall–Kier alpha value is -2.72. The standard InChI is InChI=1S/C14H13N3O.C7H7Cl/c18-14-2-1-9-17(14)13-4-3-12(10-16-13)11-5-7-15-8-6-11;1-6-2-4-7(8)5-3-6/h3-8,10H,1-2,9H2;2-5H,1H3.